The van der Waals surface area contributed by atoms with Crippen molar-refractivity contribution in [2.24, 2.45) is 0 Å². The van der Waals surface area contributed by atoms with Gasteiger partial charge in [0.25, 0.3) is 0 Å². The lowest BCUT2D eigenvalue weighted by Gasteiger charge is -2.40. The zero-order valence-electron chi connectivity index (χ0n) is 14.4. The van der Waals surface area contributed by atoms with Crippen LogP contribution in [0.3, 0.4) is 0 Å². The highest BCUT2D eigenvalue weighted by molar-refractivity contribution is 7.13. The Morgan fingerprint density at radius 3 is 2.46 bits per heavy atom. The first-order valence-corrected chi connectivity index (χ1v) is 10.2. The van der Waals surface area contributed by atoms with Crippen molar-refractivity contribution in [2.75, 3.05) is 26.2 Å². The van der Waals surface area contributed by atoms with Crippen LogP contribution in [-0.4, -0.2) is 47.0 Å². The van der Waals surface area contributed by atoms with E-state index in [1.165, 1.54) is 69.5 Å². The second-order valence-electron chi connectivity index (χ2n) is 7.11. The fraction of sp³-hybridized carbons (Fsp3) is 0.550. The van der Waals surface area contributed by atoms with Gasteiger partial charge in [-0.15, -0.1) is 11.3 Å². The minimum Gasteiger partial charge on any atom is -0.298 e. The maximum atomic E-state index is 4.85. The summed E-state index contributed by atoms with van der Waals surface area (Å²) in [6.07, 6.45) is 7.17. The Morgan fingerprint density at radius 2 is 1.71 bits per heavy atom. The van der Waals surface area contributed by atoms with Gasteiger partial charge < -0.3 is 0 Å². The summed E-state index contributed by atoms with van der Waals surface area (Å²) in [5, 5.41) is 3.38. The topological polar surface area (TPSA) is 19.4 Å². The number of nitrogens with zero attached hydrogens (tertiary/aromatic N) is 3. The molecule has 0 N–H and O–H groups in total. The van der Waals surface area contributed by atoms with Crippen LogP contribution in [-0.2, 0) is 6.54 Å². The molecule has 0 radical (unpaired) electrons. The molecule has 1 saturated carbocycles. The second kappa shape index (κ2) is 7.77. The van der Waals surface area contributed by atoms with E-state index in [0.717, 1.165) is 17.6 Å². The fourth-order valence-electron chi connectivity index (χ4n) is 4.05. The Hall–Kier alpha value is -1.23. The Morgan fingerprint density at radius 1 is 0.958 bits per heavy atom. The number of hydrogen-bond donors (Lipinski definition) is 0. The van der Waals surface area contributed by atoms with Gasteiger partial charge in [0, 0.05) is 49.7 Å². The van der Waals surface area contributed by atoms with E-state index >= 15 is 0 Å². The van der Waals surface area contributed by atoms with Gasteiger partial charge in [0.1, 0.15) is 5.01 Å². The van der Waals surface area contributed by atoms with Crippen LogP contribution >= 0.6 is 11.3 Å². The minimum atomic E-state index is 0.866. The molecule has 2 fully saturated rings. The molecule has 1 aromatic heterocycles. The zero-order valence-corrected chi connectivity index (χ0v) is 15.2. The first-order chi connectivity index (χ1) is 11.9. The van der Waals surface area contributed by atoms with Crippen molar-refractivity contribution in [1.82, 2.24) is 14.8 Å². The molecule has 0 spiro atoms. The van der Waals surface area contributed by atoms with Crippen molar-refractivity contribution in [1.29, 1.82) is 0 Å². The molecule has 1 aromatic carbocycles. The average molecular weight is 342 g/mol. The van der Waals surface area contributed by atoms with Crippen LogP contribution in [0.4, 0.5) is 0 Å². The number of hydrogen-bond acceptors (Lipinski definition) is 4. The molecule has 0 bridgehead atoms. The van der Waals surface area contributed by atoms with Gasteiger partial charge in [-0.2, -0.15) is 0 Å². The summed E-state index contributed by atoms with van der Waals surface area (Å²) in [4.78, 5) is 10.2. The monoisotopic (exact) mass is 341 g/mol. The van der Waals surface area contributed by atoms with E-state index in [4.69, 9.17) is 4.98 Å². The van der Waals surface area contributed by atoms with Crippen molar-refractivity contribution in [3.8, 4) is 10.6 Å². The van der Waals surface area contributed by atoms with Gasteiger partial charge in [0.05, 0.1) is 5.69 Å². The van der Waals surface area contributed by atoms with Crippen LogP contribution < -0.4 is 0 Å². The van der Waals surface area contributed by atoms with Crippen LogP contribution in [0.2, 0.25) is 0 Å². The summed E-state index contributed by atoms with van der Waals surface area (Å²) in [6.45, 7) is 5.85. The van der Waals surface area contributed by atoms with Gasteiger partial charge in [0.2, 0.25) is 0 Å². The number of aromatic nitrogens is 1. The molecule has 1 saturated heterocycles. The Bertz CT molecular complexity index is 625. The second-order valence-corrected chi connectivity index (χ2v) is 7.97. The summed E-state index contributed by atoms with van der Waals surface area (Å²) in [6, 6.07) is 11.4. The third kappa shape index (κ3) is 3.88. The minimum absolute atomic E-state index is 0.866. The highest BCUT2D eigenvalue weighted by Crippen LogP contribution is 2.25. The van der Waals surface area contributed by atoms with Crippen LogP contribution in [0.1, 0.15) is 37.8 Å². The summed E-state index contributed by atoms with van der Waals surface area (Å²) in [7, 11) is 0. The van der Waals surface area contributed by atoms with Crippen molar-refractivity contribution in [2.45, 2.75) is 44.7 Å². The molecule has 1 aliphatic heterocycles. The van der Waals surface area contributed by atoms with E-state index in [1.807, 2.05) is 0 Å². The molecule has 24 heavy (non-hydrogen) atoms. The molecule has 4 heteroatoms. The highest BCUT2D eigenvalue weighted by Gasteiger charge is 2.25. The van der Waals surface area contributed by atoms with Crippen molar-refractivity contribution in [3.63, 3.8) is 0 Å². The van der Waals surface area contributed by atoms with E-state index in [0.29, 0.717) is 0 Å². The molecule has 2 aliphatic rings. The third-order valence-electron chi connectivity index (χ3n) is 5.46. The first-order valence-electron chi connectivity index (χ1n) is 9.35. The normalized spacial score (nSPS) is 21.2. The molecule has 0 amide bonds. The Labute approximate surface area is 149 Å². The third-order valence-corrected chi connectivity index (χ3v) is 6.40. The van der Waals surface area contributed by atoms with Crippen molar-refractivity contribution in [3.05, 3.63) is 41.4 Å². The molecule has 2 heterocycles. The smallest absolute Gasteiger partial charge is 0.123 e. The van der Waals surface area contributed by atoms with Gasteiger partial charge in [-0.25, -0.2) is 4.98 Å². The zero-order chi connectivity index (χ0) is 16.2. The molecule has 128 valence electrons. The lowest BCUT2D eigenvalue weighted by molar-refractivity contribution is 0.0750. The number of benzene rings is 1. The molecular weight excluding hydrogens is 314 g/mol. The molecule has 1 aliphatic carbocycles. The summed E-state index contributed by atoms with van der Waals surface area (Å²) < 4.78 is 0. The summed E-state index contributed by atoms with van der Waals surface area (Å²) >= 11 is 1.77. The highest BCUT2D eigenvalue weighted by atomic mass is 32.1. The quantitative estimate of drug-likeness (QED) is 0.828. The van der Waals surface area contributed by atoms with Gasteiger partial charge in [-0.05, 0) is 12.8 Å². The largest absolute Gasteiger partial charge is 0.298 e. The molecule has 2 aromatic rings. The van der Waals surface area contributed by atoms with Gasteiger partial charge >= 0.3 is 0 Å². The van der Waals surface area contributed by atoms with Gasteiger partial charge in [0.15, 0.2) is 0 Å². The molecule has 0 atom stereocenters. The predicted octanol–water partition coefficient (Wildman–Crippen LogP) is 4.26. The number of piperazine rings is 1. The average Bonchev–Trinajstić information content (AvgIpc) is 3.12. The summed E-state index contributed by atoms with van der Waals surface area (Å²) in [5.74, 6) is 0. The lowest BCUT2D eigenvalue weighted by Crippen LogP contribution is -2.50. The van der Waals surface area contributed by atoms with E-state index in [-0.39, 0.29) is 0 Å². The fourth-order valence-corrected chi connectivity index (χ4v) is 4.87. The van der Waals surface area contributed by atoms with E-state index in [9.17, 15) is 0 Å². The van der Waals surface area contributed by atoms with Crippen LogP contribution in [0.5, 0.6) is 0 Å². The maximum Gasteiger partial charge on any atom is 0.123 e. The van der Waals surface area contributed by atoms with E-state index in [1.54, 1.807) is 11.3 Å². The van der Waals surface area contributed by atoms with Crippen LogP contribution in [0.25, 0.3) is 10.6 Å². The Balaban J connectivity index is 1.30. The molecule has 0 unspecified atom stereocenters. The van der Waals surface area contributed by atoms with E-state index in [2.05, 4.69) is 45.5 Å². The standard InChI is InChI=1S/C20H27N3S/c1-3-7-17(8-4-1)20-21-18(16-24-20)15-22-11-13-23(14-12-22)19-9-5-2-6-10-19/h1,3-4,7-8,16,19H,2,5-6,9-15H2. The first kappa shape index (κ1) is 16.2. The van der Waals surface area contributed by atoms with Crippen molar-refractivity contribution >= 4 is 11.3 Å². The Kier molecular flexibility index (Phi) is 5.26. The molecule has 3 nitrogen and oxygen atoms in total. The SMILES string of the molecule is c1ccc(-c2nc(CN3CCN(C4CCCCC4)CC3)cs2)cc1. The predicted molar refractivity (Wildman–Crippen MR) is 101 cm³/mol. The van der Waals surface area contributed by atoms with Crippen LogP contribution in [0, 0.1) is 0 Å². The maximum absolute atomic E-state index is 4.85. The summed E-state index contributed by atoms with van der Waals surface area (Å²) in [5.41, 5.74) is 2.46. The van der Waals surface area contributed by atoms with Crippen molar-refractivity contribution < 1.29 is 0 Å². The lowest BCUT2D eigenvalue weighted by atomic mass is 9.94. The van der Waals surface area contributed by atoms with Gasteiger partial charge in [-0.1, -0.05) is 49.6 Å². The molecular formula is C20H27N3S. The molecule has 4 rings (SSSR count). The van der Waals surface area contributed by atoms with E-state index < -0.39 is 0 Å². The number of thiazole rings is 1. The number of rotatable bonds is 4. The van der Waals surface area contributed by atoms with Crippen LogP contribution in [0.15, 0.2) is 35.7 Å². The van der Waals surface area contributed by atoms with Gasteiger partial charge in [-0.3, -0.25) is 9.80 Å².